The van der Waals surface area contributed by atoms with Crippen LogP contribution in [0.4, 0.5) is 0 Å². The first-order valence-electron chi connectivity index (χ1n) is 5.02. The molecule has 0 fully saturated rings. The zero-order valence-electron chi connectivity index (χ0n) is 8.80. The summed E-state index contributed by atoms with van der Waals surface area (Å²) in [4.78, 5) is 0. The van der Waals surface area contributed by atoms with E-state index in [2.05, 4.69) is 18.4 Å². The van der Waals surface area contributed by atoms with Crippen LogP contribution in [0.25, 0.3) is 0 Å². The van der Waals surface area contributed by atoms with Crippen LogP contribution in [-0.4, -0.2) is 27.5 Å². The molecule has 1 rings (SSSR count). The monoisotopic (exact) mass is 199 g/mol. The molecule has 1 aromatic heterocycles. The number of aliphatic hydroxyl groups is 2. The SMILES string of the molecule is CCC(C)n1cc[n+](CC(O)CO)c1. The maximum Gasteiger partial charge on any atom is 0.244 e. The number of aromatic nitrogens is 2. The lowest BCUT2D eigenvalue weighted by atomic mass is 10.3. The van der Waals surface area contributed by atoms with Gasteiger partial charge in [0.05, 0.1) is 12.6 Å². The summed E-state index contributed by atoms with van der Waals surface area (Å²) in [7, 11) is 0. The highest BCUT2D eigenvalue weighted by atomic mass is 16.3. The molecule has 2 unspecified atom stereocenters. The zero-order chi connectivity index (χ0) is 10.6. The summed E-state index contributed by atoms with van der Waals surface area (Å²) in [5, 5.41) is 17.9. The van der Waals surface area contributed by atoms with Crippen molar-refractivity contribution in [1.29, 1.82) is 0 Å². The first-order chi connectivity index (χ1) is 6.67. The molecule has 0 aliphatic rings. The zero-order valence-corrected chi connectivity index (χ0v) is 8.80. The van der Waals surface area contributed by atoms with Gasteiger partial charge in [-0.15, -0.1) is 0 Å². The molecule has 0 aromatic carbocycles. The third-order valence-electron chi connectivity index (χ3n) is 2.44. The summed E-state index contributed by atoms with van der Waals surface area (Å²) >= 11 is 0. The minimum Gasteiger partial charge on any atom is -0.394 e. The minimum absolute atomic E-state index is 0.193. The Balaban J connectivity index is 2.59. The first kappa shape index (κ1) is 11.2. The van der Waals surface area contributed by atoms with Gasteiger partial charge >= 0.3 is 0 Å². The molecule has 14 heavy (non-hydrogen) atoms. The van der Waals surface area contributed by atoms with Crippen LogP contribution in [0.5, 0.6) is 0 Å². The molecule has 2 atom stereocenters. The van der Waals surface area contributed by atoms with E-state index in [0.717, 1.165) is 6.42 Å². The maximum atomic E-state index is 9.24. The number of nitrogens with zero attached hydrogens (tertiary/aromatic N) is 2. The number of imidazole rings is 1. The molecule has 2 N–H and O–H groups in total. The van der Waals surface area contributed by atoms with Crippen LogP contribution in [0, 0.1) is 0 Å². The Morgan fingerprint density at radius 1 is 1.50 bits per heavy atom. The predicted molar refractivity (Wildman–Crippen MR) is 52.7 cm³/mol. The van der Waals surface area contributed by atoms with Crippen molar-refractivity contribution in [2.75, 3.05) is 6.61 Å². The van der Waals surface area contributed by atoms with Crippen molar-refractivity contribution in [3.05, 3.63) is 18.7 Å². The molecule has 1 heterocycles. The molecule has 0 aliphatic heterocycles. The Hall–Kier alpha value is -0.870. The van der Waals surface area contributed by atoms with Gasteiger partial charge in [-0.25, -0.2) is 9.13 Å². The Bertz CT molecular complexity index is 273. The van der Waals surface area contributed by atoms with Gasteiger partial charge in [-0.1, -0.05) is 6.92 Å². The Morgan fingerprint density at radius 3 is 2.79 bits per heavy atom. The van der Waals surface area contributed by atoms with E-state index in [1.165, 1.54) is 0 Å². The summed E-state index contributed by atoms with van der Waals surface area (Å²) in [6.45, 7) is 4.53. The van der Waals surface area contributed by atoms with E-state index in [9.17, 15) is 5.11 Å². The second kappa shape index (κ2) is 5.12. The lowest BCUT2D eigenvalue weighted by Gasteiger charge is -2.04. The quantitative estimate of drug-likeness (QED) is 0.661. The van der Waals surface area contributed by atoms with E-state index >= 15 is 0 Å². The third kappa shape index (κ3) is 2.82. The summed E-state index contributed by atoms with van der Waals surface area (Å²) < 4.78 is 3.98. The average Bonchev–Trinajstić information content (AvgIpc) is 2.65. The van der Waals surface area contributed by atoms with Gasteiger partial charge in [0, 0.05) is 0 Å². The van der Waals surface area contributed by atoms with Crippen molar-refractivity contribution in [2.24, 2.45) is 0 Å². The smallest absolute Gasteiger partial charge is 0.244 e. The van der Waals surface area contributed by atoms with Crippen LogP contribution in [0.15, 0.2) is 18.7 Å². The van der Waals surface area contributed by atoms with Crippen molar-refractivity contribution >= 4 is 0 Å². The van der Waals surface area contributed by atoms with Crippen molar-refractivity contribution in [1.82, 2.24) is 4.57 Å². The molecule has 80 valence electrons. The van der Waals surface area contributed by atoms with E-state index in [0.29, 0.717) is 12.6 Å². The van der Waals surface area contributed by atoms with Crippen molar-refractivity contribution in [3.63, 3.8) is 0 Å². The van der Waals surface area contributed by atoms with Crippen LogP contribution in [0.1, 0.15) is 26.3 Å². The molecule has 0 spiro atoms. The normalized spacial score (nSPS) is 15.4. The molecule has 0 bridgehead atoms. The predicted octanol–water partition coefficient (Wildman–Crippen LogP) is 0.0998. The Labute approximate surface area is 84.4 Å². The molecular weight excluding hydrogens is 180 g/mol. The number of aliphatic hydroxyl groups excluding tert-OH is 2. The standard InChI is InChI=1S/C10H19N2O2/c1-3-9(2)12-5-4-11(8-12)6-10(14)7-13/h4-5,8-10,13-14H,3,6-7H2,1-2H3/q+1. The van der Waals surface area contributed by atoms with Gasteiger partial charge in [0.2, 0.25) is 6.33 Å². The second-order valence-electron chi connectivity index (χ2n) is 3.65. The topological polar surface area (TPSA) is 49.3 Å². The summed E-state index contributed by atoms with van der Waals surface area (Å²) in [5.74, 6) is 0. The molecule has 0 amide bonds. The minimum atomic E-state index is -0.673. The van der Waals surface area contributed by atoms with Gasteiger partial charge in [-0.05, 0) is 13.3 Å². The van der Waals surface area contributed by atoms with Gasteiger partial charge in [0.25, 0.3) is 0 Å². The van der Waals surface area contributed by atoms with Crippen LogP contribution in [-0.2, 0) is 6.54 Å². The van der Waals surface area contributed by atoms with E-state index in [-0.39, 0.29) is 6.61 Å². The fourth-order valence-electron chi connectivity index (χ4n) is 1.29. The Morgan fingerprint density at radius 2 is 2.21 bits per heavy atom. The van der Waals surface area contributed by atoms with E-state index in [1.807, 2.05) is 23.3 Å². The molecule has 0 saturated carbocycles. The first-order valence-corrected chi connectivity index (χ1v) is 5.02. The maximum absolute atomic E-state index is 9.24. The molecule has 0 aliphatic carbocycles. The second-order valence-corrected chi connectivity index (χ2v) is 3.65. The highest BCUT2D eigenvalue weighted by Gasteiger charge is 2.12. The third-order valence-corrected chi connectivity index (χ3v) is 2.44. The molecule has 0 radical (unpaired) electrons. The van der Waals surface area contributed by atoms with Gasteiger partial charge in [0.15, 0.2) is 0 Å². The van der Waals surface area contributed by atoms with Crippen LogP contribution in [0.2, 0.25) is 0 Å². The average molecular weight is 199 g/mol. The molecule has 4 nitrogen and oxygen atoms in total. The lowest BCUT2D eigenvalue weighted by Crippen LogP contribution is -2.39. The fourth-order valence-corrected chi connectivity index (χ4v) is 1.29. The fraction of sp³-hybridized carbons (Fsp3) is 0.700. The summed E-state index contributed by atoms with van der Waals surface area (Å²) in [6, 6.07) is 0.475. The highest BCUT2D eigenvalue weighted by Crippen LogP contribution is 2.07. The van der Waals surface area contributed by atoms with Crippen molar-refractivity contribution in [3.8, 4) is 0 Å². The van der Waals surface area contributed by atoms with Gasteiger partial charge in [0.1, 0.15) is 25.0 Å². The Kier molecular flexibility index (Phi) is 4.10. The highest BCUT2D eigenvalue weighted by molar-refractivity contribution is 4.71. The molecule has 1 aromatic rings. The van der Waals surface area contributed by atoms with Gasteiger partial charge in [-0.3, -0.25) is 0 Å². The van der Waals surface area contributed by atoms with E-state index in [1.54, 1.807) is 0 Å². The molecule has 4 heteroatoms. The summed E-state index contributed by atoms with van der Waals surface area (Å²) in [5.41, 5.74) is 0. The van der Waals surface area contributed by atoms with Crippen molar-refractivity contribution < 1.29 is 14.8 Å². The number of hydrogen-bond donors (Lipinski definition) is 2. The lowest BCUT2D eigenvalue weighted by molar-refractivity contribution is -0.703. The van der Waals surface area contributed by atoms with Crippen LogP contribution in [0.3, 0.4) is 0 Å². The van der Waals surface area contributed by atoms with E-state index < -0.39 is 6.10 Å². The van der Waals surface area contributed by atoms with Crippen LogP contribution < -0.4 is 4.57 Å². The number of hydrogen-bond acceptors (Lipinski definition) is 2. The van der Waals surface area contributed by atoms with Crippen molar-refractivity contribution in [2.45, 2.75) is 39.0 Å². The van der Waals surface area contributed by atoms with E-state index in [4.69, 9.17) is 5.11 Å². The van der Waals surface area contributed by atoms with Gasteiger partial charge < -0.3 is 10.2 Å². The van der Waals surface area contributed by atoms with Crippen LogP contribution >= 0.6 is 0 Å². The number of rotatable bonds is 5. The summed E-state index contributed by atoms with van der Waals surface area (Å²) in [6.07, 6.45) is 6.25. The van der Waals surface area contributed by atoms with Gasteiger partial charge in [-0.2, -0.15) is 0 Å². The molecular formula is C10H19N2O2+. The largest absolute Gasteiger partial charge is 0.394 e. The molecule has 0 saturated heterocycles.